The van der Waals surface area contributed by atoms with Crippen molar-refractivity contribution >= 4 is 17.8 Å². The van der Waals surface area contributed by atoms with Crippen LogP contribution in [0.25, 0.3) is 0 Å². The molecule has 4 N–H and O–H groups in total. The van der Waals surface area contributed by atoms with Crippen LogP contribution in [0.3, 0.4) is 0 Å². The van der Waals surface area contributed by atoms with Gasteiger partial charge in [0.2, 0.25) is 11.8 Å². The van der Waals surface area contributed by atoms with E-state index in [0.29, 0.717) is 19.5 Å². The molecule has 2 aromatic rings. The maximum atomic E-state index is 12.9. The molecule has 1 fully saturated rings. The number of amides is 2. The van der Waals surface area contributed by atoms with Gasteiger partial charge in [-0.1, -0.05) is 48.5 Å². The van der Waals surface area contributed by atoms with E-state index in [1.807, 2.05) is 24.3 Å². The van der Waals surface area contributed by atoms with E-state index < -0.39 is 11.9 Å². The number of likely N-dealkylation sites (tertiary alicyclic amines) is 1. The Morgan fingerprint density at radius 3 is 2.59 bits per heavy atom. The lowest BCUT2D eigenvalue weighted by Crippen LogP contribution is -2.42. The first kappa shape index (κ1) is 24.0. The molecule has 0 aromatic heterocycles. The molecule has 0 saturated carbocycles. The monoisotopic (exact) mass is 463 g/mol. The Morgan fingerprint density at radius 2 is 1.82 bits per heavy atom. The molecule has 34 heavy (non-hydrogen) atoms. The van der Waals surface area contributed by atoms with Crippen molar-refractivity contribution in [3.8, 4) is 0 Å². The van der Waals surface area contributed by atoms with E-state index in [0.717, 1.165) is 31.2 Å². The second kappa shape index (κ2) is 10.8. The Bertz CT molecular complexity index is 1040. The van der Waals surface area contributed by atoms with E-state index >= 15 is 0 Å². The van der Waals surface area contributed by atoms with Crippen molar-refractivity contribution in [2.24, 2.45) is 11.7 Å². The van der Waals surface area contributed by atoms with Gasteiger partial charge in [0.25, 0.3) is 0 Å². The number of carboxylic acids is 1. The highest BCUT2D eigenvalue weighted by Gasteiger charge is 2.40. The molecule has 7 heteroatoms. The number of hydrogen-bond acceptors (Lipinski definition) is 4. The van der Waals surface area contributed by atoms with Crippen LogP contribution in [0.15, 0.2) is 48.5 Å². The van der Waals surface area contributed by atoms with Gasteiger partial charge in [0.05, 0.1) is 18.8 Å². The third kappa shape index (κ3) is 6.03. The van der Waals surface area contributed by atoms with Crippen molar-refractivity contribution in [1.82, 2.24) is 10.2 Å². The molecular weight excluding hydrogens is 430 g/mol. The first-order valence-corrected chi connectivity index (χ1v) is 12.1. The molecule has 1 unspecified atom stereocenters. The molecule has 1 aliphatic heterocycles. The molecule has 0 bridgehead atoms. The van der Waals surface area contributed by atoms with Gasteiger partial charge in [-0.2, -0.15) is 0 Å². The molecule has 180 valence electrons. The molecule has 0 spiro atoms. The maximum absolute atomic E-state index is 12.9. The van der Waals surface area contributed by atoms with Crippen LogP contribution in [0.4, 0.5) is 0 Å². The molecule has 0 radical (unpaired) electrons. The smallest absolute Gasteiger partial charge is 0.304 e. The highest BCUT2D eigenvalue weighted by Crippen LogP contribution is 2.28. The van der Waals surface area contributed by atoms with Gasteiger partial charge in [0, 0.05) is 25.2 Å². The number of nitrogens with two attached hydrogens (primary N) is 1. The Morgan fingerprint density at radius 1 is 1.06 bits per heavy atom. The minimum Gasteiger partial charge on any atom is -0.481 e. The molecule has 1 saturated heterocycles. The number of hydrogen-bond donors (Lipinski definition) is 3. The number of benzene rings is 2. The number of carbonyl (C=O) groups excluding carboxylic acids is 2. The van der Waals surface area contributed by atoms with Crippen LogP contribution in [-0.4, -0.2) is 53.0 Å². The molecule has 2 aliphatic rings. The molecule has 2 amide bonds. The van der Waals surface area contributed by atoms with Crippen LogP contribution in [-0.2, 0) is 40.1 Å². The van der Waals surface area contributed by atoms with Gasteiger partial charge in [0.1, 0.15) is 0 Å². The minimum absolute atomic E-state index is 0.0967. The second-order valence-electron chi connectivity index (χ2n) is 9.56. The third-order valence-corrected chi connectivity index (χ3v) is 6.89. The molecule has 3 atom stereocenters. The van der Waals surface area contributed by atoms with E-state index in [9.17, 15) is 19.5 Å². The zero-order valence-electron chi connectivity index (χ0n) is 19.4. The summed E-state index contributed by atoms with van der Waals surface area (Å²) in [6.07, 6.45) is 3.92. The van der Waals surface area contributed by atoms with E-state index in [1.54, 1.807) is 4.90 Å². The normalized spacial score (nSPS) is 21.5. The summed E-state index contributed by atoms with van der Waals surface area (Å²) < 4.78 is 0. The summed E-state index contributed by atoms with van der Waals surface area (Å²) in [5.74, 6) is -1.72. The standard InChI is InChI=1S/C27H33N3O4/c28-23-13-20-9-8-19(11-21(20)14-23)12-25(31)29-17-24-15-22(16-26(32)33)27(34)30(24)10-4-7-18-5-2-1-3-6-18/h1-3,5-6,8-9,11,22-24H,4,7,10,12-17,28H2,(H,29,31)(H,32,33)/t22-,23?,24-/m0/s1. The van der Waals surface area contributed by atoms with Crippen LogP contribution in [0.2, 0.25) is 0 Å². The molecule has 2 aromatic carbocycles. The molecular formula is C27H33N3O4. The summed E-state index contributed by atoms with van der Waals surface area (Å²) >= 11 is 0. The lowest BCUT2D eigenvalue weighted by molar-refractivity contribution is -0.142. The topological polar surface area (TPSA) is 113 Å². The Kier molecular flexibility index (Phi) is 7.63. The van der Waals surface area contributed by atoms with Crippen LogP contribution in [0, 0.1) is 5.92 Å². The van der Waals surface area contributed by atoms with Crippen LogP contribution in [0.5, 0.6) is 0 Å². The predicted molar refractivity (Wildman–Crippen MR) is 129 cm³/mol. The lowest BCUT2D eigenvalue weighted by Gasteiger charge is -2.25. The molecule has 1 aliphatic carbocycles. The number of fused-ring (bicyclic) bond motifs is 1. The lowest BCUT2D eigenvalue weighted by atomic mass is 10.0. The number of aliphatic carboxylic acids is 1. The predicted octanol–water partition coefficient (Wildman–Crippen LogP) is 2.10. The van der Waals surface area contributed by atoms with Gasteiger partial charge in [-0.05, 0) is 54.4 Å². The number of rotatable bonds is 10. The van der Waals surface area contributed by atoms with Crippen LogP contribution in [0.1, 0.15) is 41.5 Å². The summed E-state index contributed by atoms with van der Waals surface area (Å²) in [4.78, 5) is 38.6. The highest BCUT2D eigenvalue weighted by molar-refractivity contribution is 5.85. The quantitative estimate of drug-likeness (QED) is 0.500. The summed E-state index contributed by atoms with van der Waals surface area (Å²) in [7, 11) is 0. The summed E-state index contributed by atoms with van der Waals surface area (Å²) in [6.45, 7) is 0.886. The molecule has 1 heterocycles. The maximum Gasteiger partial charge on any atom is 0.304 e. The Balaban J connectivity index is 1.32. The average Bonchev–Trinajstić information content (AvgIpc) is 3.31. The van der Waals surface area contributed by atoms with E-state index in [-0.39, 0.29) is 36.7 Å². The van der Waals surface area contributed by atoms with Crippen molar-refractivity contribution in [2.45, 2.75) is 57.0 Å². The van der Waals surface area contributed by atoms with Gasteiger partial charge < -0.3 is 21.1 Å². The zero-order valence-corrected chi connectivity index (χ0v) is 19.4. The number of carboxylic acid groups (broad SMARTS) is 1. The fourth-order valence-corrected chi connectivity index (χ4v) is 5.23. The van der Waals surface area contributed by atoms with Gasteiger partial charge in [-0.3, -0.25) is 14.4 Å². The SMILES string of the molecule is NC1Cc2ccc(CC(=O)NC[C@@H]3C[C@@H](CC(=O)O)C(=O)N3CCCc3ccccc3)cc2C1. The second-order valence-corrected chi connectivity index (χ2v) is 9.56. The molecule has 7 nitrogen and oxygen atoms in total. The highest BCUT2D eigenvalue weighted by atomic mass is 16.4. The Hall–Kier alpha value is -3.19. The number of nitrogens with one attached hydrogen (secondary N) is 1. The first-order chi connectivity index (χ1) is 16.4. The van der Waals surface area contributed by atoms with Gasteiger partial charge in [-0.25, -0.2) is 0 Å². The number of nitrogens with zero attached hydrogens (tertiary/aromatic N) is 1. The van der Waals surface area contributed by atoms with E-state index in [2.05, 4.69) is 29.6 Å². The van der Waals surface area contributed by atoms with Crippen molar-refractivity contribution in [2.75, 3.05) is 13.1 Å². The summed E-state index contributed by atoms with van der Waals surface area (Å²) in [5, 5.41) is 12.2. The van der Waals surface area contributed by atoms with Crippen molar-refractivity contribution < 1.29 is 19.5 Å². The van der Waals surface area contributed by atoms with Crippen LogP contribution < -0.4 is 11.1 Å². The van der Waals surface area contributed by atoms with Crippen molar-refractivity contribution in [3.63, 3.8) is 0 Å². The first-order valence-electron chi connectivity index (χ1n) is 12.1. The van der Waals surface area contributed by atoms with Crippen molar-refractivity contribution in [1.29, 1.82) is 0 Å². The fourth-order valence-electron chi connectivity index (χ4n) is 5.23. The van der Waals surface area contributed by atoms with Gasteiger partial charge in [0.15, 0.2) is 0 Å². The number of aryl methyl sites for hydroxylation is 1. The fraction of sp³-hybridized carbons (Fsp3) is 0.444. The van der Waals surface area contributed by atoms with Gasteiger partial charge in [-0.15, -0.1) is 0 Å². The summed E-state index contributed by atoms with van der Waals surface area (Å²) in [6, 6.07) is 16.2. The minimum atomic E-state index is -0.969. The van der Waals surface area contributed by atoms with Crippen molar-refractivity contribution in [3.05, 3.63) is 70.8 Å². The zero-order chi connectivity index (χ0) is 24.1. The van der Waals surface area contributed by atoms with Crippen LogP contribution >= 0.6 is 0 Å². The largest absolute Gasteiger partial charge is 0.481 e. The Labute approximate surface area is 200 Å². The summed E-state index contributed by atoms with van der Waals surface area (Å²) in [5.41, 5.74) is 10.7. The number of carbonyl (C=O) groups is 3. The van der Waals surface area contributed by atoms with Gasteiger partial charge >= 0.3 is 5.97 Å². The third-order valence-electron chi connectivity index (χ3n) is 6.89. The molecule has 4 rings (SSSR count). The van der Waals surface area contributed by atoms with E-state index in [4.69, 9.17) is 5.73 Å². The average molecular weight is 464 g/mol. The van der Waals surface area contributed by atoms with E-state index in [1.165, 1.54) is 16.7 Å².